The number of rotatable bonds is 9. The Hall–Kier alpha value is -5.78. The summed E-state index contributed by atoms with van der Waals surface area (Å²) < 4.78 is 6.11. The van der Waals surface area contributed by atoms with Gasteiger partial charge in [-0.15, -0.1) is 0 Å². The number of carbonyl (C=O) groups excluding carboxylic acids is 4. The van der Waals surface area contributed by atoms with E-state index in [1.54, 1.807) is 18.3 Å². The summed E-state index contributed by atoms with van der Waals surface area (Å²) in [7, 11) is 0. The minimum absolute atomic E-state index is 0.0864. The lowest BCUT2D eigenvalue weighted by molar-refractivity contribution is -0.145. The molecule has 0 aliphatic carbocycles. The Bertz CT molecular complexity index is 2070. The highest BCUT2D eigenvalue weighted by atomic mass is 16.5. The predicted octanol–water partition coefficient (Wildman–Crippen LogP) is 5.46. The largest absolute Gasteiger partial charge is 0.507 e. The van der Waals surface area contributed by atoms with Crippen LogP contribution in [0, 0.1) is 11.8 Å². The Kier molecular flexibility index (Phi) is 11.2. The zero-order valence-corrected chi connectivity index (χ0v) is 32.2. The molecule has 4 aliphatic heterocycles. The van der Waals surface area contributed by atoms with Crippen LogP contribution in [0.2, 0.25) is 0 Å². The molecule has 0 spiro atoms. The number of anilines is 1. The molecule has 3 aromatic carbocycles. The molecule has 4 saturated heterocycles. The summed E-state index contributed by atoms with van der Waals surface area (Å²) in [5, 5.41) is 21.3. The van der Waals surface area contributed by atoms with Gasteiger partial charge in [0.25, 0.3) is 0 Å². The fourth-order valence-electron chi connectivity index (χ4n) is 9.11. The van der Waals surface area contributed by atoms with E-state index in [1.807, 2.05) is 70.5 Å². The van der Waals surface area contributed by atoms with Gasteiger partial charge in [-0.2, -0.15) is 10.2 Å². The molecule has 296 valence electrons. The third-order valence-electron chi connectivity index (χ3n) is 12.6. The summed E-state index contributed by atoms with van der Waals surface area (Å²) in [4.78, 5) is 58.3. The van der Waals surface area contributed by atoms with Gasteiger partial charge in [0.15, 0.2) is 0 Å². The maximum absolute atomic E-state index is 14.6. The van der Waals surface area contributed by atoms with Crippen LogP contribution in [0.4, 0.5) is 5.69 Å². The van der Waals surface area contributed by atoms with Crippen LogP contribution in [0.3, 0.4) is 0 Å². The summed E-state index contributed by atoms with van der Waals surface area (Å²) in [6.45, 7) is 4.44. The lowest BCUT2D eigenvalue weighted by Gasteiger charge is -2.45. The molecule has 8 rings (SSSR count). The summed E-state index contributed by atoms with van der Waals surface area (Å²) in [5.41, 5.74) is 3.40. The molecule has 12 heteroatoms. The van der Waals surface area contributed by atoms with Crippen LogP contribution in [-0.2, 0) is 24.6 Å². The van der Waals surface area contributed by atoms with E-state index in [4.69, 9.17) is 4.74 Å². The van der Waals surface area contributed by atoms with E-state index in [-0.39, 0.29) is 41.2 Å². The molecule has 1 aromatic heterocycles. The van der Waals surface area contributed by atoms with Gasteiger partial charge in [-0.3, -0.25) is 24.5 Å². The molecule has 12 nitrogen and oxygen atoms in total. The van der Waals surface area contributed by atoms with Gasteiger partial charge in [0.2, 0.25) is 23.6 Å². The van der Waals surface area contributed by atoms with Crippen LogP contribution in [0.15, 0.2) is 91.1 Å². The smallest absolute Gasteiger partial charge is 0.234 e. The number of aromatic nitrogens is 2. The van der Waals surface area contributed by atoms with E-state index in [9.17, 15) is 24.3 Å². The van der Waals surface area contributed by atoms with E-state index in [0.717, 1.165) is 35.4 Å². The standard InChI is InChI=1S/C45H50N6O6/c52-40-9-5-4-8-38(40)39-28-35(29-46-48-39)49-26-20-45(21-27-49,34-6-2-1-3-7-34)44(56)51-24-18-33(19-25-51)43(55)50-22-16-31(17-23-50)30-57-36-12-10-32(11-13-36)37-14-15-41(53)47-42(37)54/h1-13,28-29,31,33,37,52H,14-27,30H2,(H,47,53,54)/t37-/m1/s1. The highest BCUT2D eigenvalue weighted by Gasteiger charge is 2.46. The fourth-order valence-corrected chi connectivity index (χ4v) is 9.11. The number of phenolic OH excluding ortho intramolecular Hbond substituents is 1. The topological polar surface area (TPSA) is 145 Å². The number of amides is 4. The van der Waals surface area contributed by atoms with E-state index in [1.165, 1.54) is 0 Å². The molecule has 0 radical (unpaired) electrons. The van der Waals surface area contributed by atoms with E-state index in [0.29, 0.717) is 102 Å². The summed E-state index contributed by atoms with van der Waals surface area (Å²) in [6.07, 6.45) is 6.98. The molecule has 0 unspecified atom stereocenters. The van der Waals surface area contributed by atoms with Crippen molar-refractivity contribution in [3.05, 3.63) is 102 Å². The number of hydrogen-bond acceptors (Lipinski definition) is 9. The first-order valence-corrected chi connectivity index (χ1v) is 20.3. The van der Waals surface area contributed by atoms with Crippen molar-refractivity contribution in [2.45, 2.75) is 62.7 Å². The first-order valence-electron chi connectivity index (χ1n) is 20.3. The van der Waals surface area contributed by atoms with Crippen molar-refractivity contribution >= 4 is 29.3 Å². The summed E-state index contributed by atoms with van der Waals surface area (Å²) >= 11 is 0. The molecular formula is C45H50N6O6. The maximum atomic E-state index is 14.6. The molecule has 4 fully saturated rings. The third-order valence-corrected chi connectivity index (χ3v) is 12.6. The van der Waals surface area contributed by atoms with Gasteiger partial charge in [0.1, 0.15) is 11.5 Å². The van der Waals surface area contributed by atoms with Crippen LogP contribution in [0.5, 0.6) is 11.5 Å². The molecule has 0 saturated carbocycles. The molecular weight excluding hydrogens is 721 g/mol. The van der Waals surface area contributed by atoms with Crippen molar-refractivity contribution in [3.63, 3.8) is 0 Å². The number of para-hydroxylation sites is 1. The van der Waals surface area contributed by atoms with Gasteiger partial charge < -0.3 is 24.5 Å². The number of piperidine rings is 4. The highest BCUT2D eigenvalue weighted by Crippen LogP contribution is 2.40. The lowest BCUT2D eigenvalue weighted by atomic mass is 9.71. The number of benzene rings is 3. The minimum Gasteiger partial charge on any atom is -0.507 e. The predicted molar refractivity (Wildman–Crippen MR) is 214 cm³/mol. The zero-order valence-electron chi connectivity index (χ0n) is 32.2. The quantitative estimate of drug-likeness (QED) is 0.212. The SMILES string of the molecule is O=C1CC[C@H](c2ccc(OCC3CCN(C(=O)C4CCN(C(=O)C5(c6ccccc6)CCN(c6cnnc(-c7ccccc7O)c6)CC5)CC4)CC3)cc2)C(=O)N1. The van der Waals surface area contributed by atoms with Crippen molar-refractivity contribution < 1.29 is 29.0 Å². The van der Waals surface area contributed by atoms with E-state index < -0.39 is 5.41 Å². The molecule has 0 bridgehead atoms. The van der Waals surface area contributed by atoms with Gasteiger partial charge in [-0.05, 0) is 92.3 Å². The number of hydrogen-bond donors (Lipinski definition) is 2. The number of phenols is 1. The first-order chi connectivity index (χ1) is 27.8. The molecule has 5 heterocycles. The molecule has 1 atom stereocenters. The Labute approximate surface area is 333 Å². The van der Waals surface area contributed by atoms with Gasteiger partial charge in [-0.25, -0.2) is 0 Å². The lowest BCUT2D eigenvalue weighted by Crippen LogP contribution is -2.55. The van der Waals surface area contributed by atoms with Crippen molar-refractivity contribution in [1.29, 1.82) is 0 Å². The monoisotopic (exact) mass is 770 g/mol. The average molecular weight is 771 g/mol. The Morgan fingerprint density at radius 2 is 1.49 bits per heavy atom. The normalized spacial score (nSPS) is 20.6. The molecule has 2 N–H and O–H groups in total. The van der Waals surface area contributed by atoms with Crippen LogP contribution in [-0.4, -0.2) is 94.6 Å². The van der Waals surface area contributed by atoms with Crippen LogP contribution < -0.4 is 15.0 Å². The highest BCUT2D eigenvalue weighted by molar-refractivity contribution is 6.01. The number of imide groups is 1. The van der Waals surface area contributed by atoms with Gasteiger partial charge in [0.05, 0.1) is 35.5 Å². The Balaban J connectivity index is 0.826. The summed E-state index contributed by atoms with van der Waals surface area (Å²) in [5.74, 6) is 0.731. The third kappa shape index (κ3) is 8.22. The summed E-state index contributed by atoms with van der Waals surface area (Å²) in [6, 6.07) is 26.8. The first kappa shape index (κ1) is 38.1. The number of likely N-dealkylation sites (tertiary alicyclic amines) is 2. The Morgan fingerprint density at radius 1 is 0.807 bits per heavy atom. The van der Waals surface area contributed by atoms with Crippen molar-refractivity contribution in [2.24, 2.45) is 11.8 Å². The van der Waals surface area contributed by atoms with Crippen LogP contribution in [0.1, 0.15) is 68.4 Å². The second-order valence-corrected chi connectivity index (χ2v) is 16.0. The molecule has 57 heavy (non-hydrogen) atoms. The Morgan fingerprint density at radius 3 is 2.19 bits per heavy atom. The average Bonchev–Trinajstić information content (AvgIpc) is 3.26. The maximum Gasteiger partial charge on any atom is 0.234 e. The van der Waals surface area contributed by atoms with E-state index in [2.05, 4.69) is 32.5 Å². The van der Waals surface area contributed by atoms with Crippen molar-refractivity contribution in [1.82, 2.24) is 25.3 Å². The fraction of sp³-hybridized carbons (Fsp3) is 0.422. The minimum atomic E-state index is -0.658. The molecule has 4 aliphatic rings. The van der Waals surface area contributed by atoms with Gasteiger partial charge in [-0.1, -0.05) is 54.6 Å². The van der Waals surface area contributed by atoms with Crippen LogP contribution in [0.25, 0.3) is 11.3 Å². The second-order valence-electron chi connectivity index (χ2n) is 16.0. The number of nitrogens with one attached hydrogen (secondary N) is 1. The van der Waals surface area contributed by atoms with Crippen LogP contribution >= 0.6 is 0 Å². The van der Waals surface area contributed by atoms with Crippen molar-refractivity contribution in [2.75, 3.05) is 50.8 Å². The van der Waals surface area contributed by atoms with Gasteiger partial charge >= 0.3 is 0 Å². The number of nitrogens with zero attached hydrogens (tertiary/aromatic N) is 5. The molecule has 4 amide bonds. The second kappa shape index (κ2) is 16.8. The van der Waals surface area contributed by atoms with Gasteiger partial charge in [0, 0.05) is 57.2 Å². The van der Waals surface area contributed by atoms with Crippen molar-refractivity contribution in [3.8, 4) is 22.8 Å². The van der Waals surface area contributed by atoms with E-state index >= 15 is 0 Å². The number of ether oxygens (including phenoxy) is 1. The number of carbonyl (C=O) groups is 4. The zero-order chi connectivity index (χ0) is 39.4. The molecule has 4 aromatic rings. The number of aromatic hydroxyl groups is 1.